The number of nitrogens with two attached hydrogens (primary N) is 2. The summed E-state index contributed by atoms with van der Waals surface area (Å²) in [4.78, 5) is 4.92. The number of benzene rings is 1. The van der Waals surface area contributed by atoms with Crippen molar-refractivity contribution in [1.82, 2.24) is 4.98 Å². The molecular weight excluding hydrogens is 245 g/mol. The van der Waals surface area contributed by atoms with Crippen molar-refractivity contribution in [3.8, 4) is 0 Å². The molecule has 0 saturated carbocycles. The normalized spacial score (nSPS) is 10.6. The summed E-state index contributed by atoms with van der Waals surface area (Å²) in [5.74, 6) is 0.344. The first kappa shape index (κ1) is 11.2. The molecular formula is C10H10FN3S2. The molecule has 1 heterocycles. The van der Waals surface area contributed by atoms with Crippen LogP contribution < -0.4 is 11.5 Å². The molecule has 1 aromatic heterocycles. The predicted octanol–water partition coefficient (Wildman–Crippen LogP) is 2.74. The first-order valence-corrected chi connectivity index (χ1v) is 6.39. The maximum atomic E-state index is 13.0. The zero-order chi connectivity index (χ0) is 11.5. The third kappa shape index (κ3) is 2.86. The Morgan fingerprint density at radius 3 is 2.75 bits per heavy atom. The lowest BCUT2D eigenvalue weighted by Crippen LogP contribution is -1.88. The molecule has 0 bridgehead atoms. The van der Waals surface area contributed by atoms with Crippen LogP contribution in [0.3, 0.4) is 0 Å². The molecule has 0 aliphatic heterocycles. The van der Waals surface area contributed by atoms with Crippen LogP contribution in [-0.2, 0) is 5.75 Å². The van der Waals surface area contributed by atoms with Gasteiger partial charge in [-0.3, -0.25) is 0 Å². The van der Waals surface area contributed by atoms with Crippen molar-refractivity contribution in [2.45, 2.75) is 10.6 Å². The number of thioether (sulfide) groups is 1. The number of hydrogen-bond acceptors (Lipinski definition) is 5. The van der Waals surface area contributed by atoms with Gasteiger partial charge in [-0.15, -0.1) is 23.1 Å². The molecule has 2 rings (SSSR count). The topological polar surface area (TPSA) is 64.9 Å². The van der Waals surface area contributed by atoms with Crippen molar-refractivity contribution >= 4 is 33.9 Å². The molecule has 6 heteroatoms. The molecule has 0 amide bonds. The van der Waals surface area contributed by atoms with Gasteiger partial charge in [-0.2, -0.15) is 0 Å². The fraction of sp³-hybridized carbons (Fsp3) is 0.100. The molecule has 4 N–H and O–H groups in total. The highest BCUT2D eigenvalue weighted by Crippen LogP contribution is 2.26. The van der Waals surface area contributed by atoms with Gasteiger partial charge in [0.05, 0.1) is 5.69 Å². The van der Waals surface area contributed by atoms with E-state index in [9.17, 15) is 4.39 Å². The van der Waals surface area contributed by atoms with Crippen molar-refractivity contribution in [3.63, 3.8) is 0 Å². The minimum Gasteiger partial charge on any atom is -0.399 e. The van der Waals surface area contributed by atoms with Gasteiger partial charge in [0, 0.05) is 21.7 Å². The van der Waals surface area contributed by atoms with E-state index in [1.165, 1.54) is 35.2 Å². The summed E-state index contributed by atoms with van der Waals surface area (Å²) in [6.07, 6.45) is 0. The maximum Gasteiger partial charge on any atom is 0.180 e. The van der Waals surface area contributed by atoms with Crippen LogP contribution in [0.4, 0.5) is 15.2 Å². The third-order valence-corrected chi connectivity index (χ3v) is 3.58. The number of rotatable bonds is 3. The molecule has 0 saturated heterocycles. The second-order valence-corrected chi connectivity index (χ2v) is 5.12. The van der Waals surface area contributed by atoms with E-state index in [0.29, 0.717) is 16.6 Å². The highest BCUT2D eigenvalue weighted by molar-refractivity contribution is 7.98. The summed E-state index contributed by atoms with van der Waals surface area (Å²) >= 11 is 2.88. The Morgan fingerprint density at radius 2 is 2.12 bits per heavy atom. The van der Waals surface area contributed by atoms with E-state index in [1.54, 1.807) is 6.07 Å². The number of aromatic nitrogens is 1. The van der Waals surface area contributed by atoms with Crippen molar-refractivity contribution in [2.24, 2.45) is 0 Å². The summed E-state index contributed by atoms with van der Waals surface area (Å²) in [5, 5.41) is 2.44. The number of nitrogen functional groups attached to an aromatic ring is 2. The lowest BCUT2D eigenvalue weighted by molar-refractivity contribution is 0.625. The Morgan fingerprint density at radius 1 is 1.31 bits per heavy atom. The van der Waals surface area contributed by atoms with Gasteiger partial charge < -0.3 is 11.5 Å². The fourth-order valence-corrected chi connectivity index (χ4v) is 2.76. The van der Waals surface area contributed by atoms with Crippen LogP contribution in [0.25, 0.3) is 0 Å². The molecule has 16 heavy (non-hydrogen) atoms. The van der Waals surface area contributed by atoms with E-state index in [2.05, 4.69) is 4.98 Å². The van der Waals surface area contributed by atoms with Crippen LogP contribution in [-0.4, -0.2) is 4.98 Å². The van der Waals surface area contributed by atoms with Gasteiger partial charge in [-0.1, -0.05) is 0 Å². The monoisotopic (exact) mass is 255 g/mol. The lowest BCUT2D eigenvalue weighted by atomic mass is 10.3. The lowest BCUT2D eigenvalue weighted by Gasteiger charge is -2.01. The zero-order valence-electron chi connectivity index (χ0n) is 8.31. The van der Waals surface area contributed by atoms with Gasteiger partial charge in [0.15, 0.2) is 5.13 Å². The Bertz CT molecular complexity index is 478. The minimum absolute atomic E-state index is 0.319. The molecule has 0 aliphatic rings. The van der Waals surface area contributed by atoms with Crippen molar-refractivity contribution in [1.29, 1.82) is 0 Å². The average molecular weight is 255 g/mol. The first-order chi connectivity index (χ1) is 7.63. The number of hydrogen-bond donors (Lipinski definition) is 2. The number of halogens is 1. The largest absolute Gasteiger partial charge is 0.399 e. The Labute approximate surface area is 101 Å². The highest BCUT2D eigenvalue weighted by atomic mass is 32.2. The van der Waals surface area contributed by atoms with Crippen LogP contribution in [0, 0.1) is 5.82 Å². The van der Waals surface area contributed by atoms with Crippen LogP contribution in [0.15, 0.2) is 28.5 Å². The second kappa shape index (κ2) is 4.71. The molecule has 2 aromatic rings. The Balaban J connectivity index is 2.04. The Hall–Kier alpha value is -1.27. The maximum absolute atomic E-state index is 13.0. The van der Waals surface area contributed by atoms with E-state index < -0.39 is 0 Å². The number of nitrogens with zero attached hydrogens (tertiary/aromatic N) is 1. The molecule has 0 unspecified atom stereocenters. The van der Waals surface area contributed by atoms with E-state index in [0.717, 1.165) is 10.6 Å². The van der Waals surface area contributed by atoms with Gasteiger partial charge in [0.25, 0.3) is 0 Å². The molecule has 1 aromatic carbocycles. The zero-order valence-corrected chi connectivity index (χ0v) is 9.95. The van der Waals surface area contributed by atoms with Crippen molar-refractivity contribution in [2.75, 3.05) is 11.5 Å². The Kier molecular flexibility index (Phi) is 3.31. The van der Waals surface area contributed by atoms with Gasteiger partial charge in [0.1, 0.15) is 5.82 Å². The molecule has 3 nitrogen and oxygen atoms in total. The molecule has 0 spiro atoms. The summed E-state index contributed by atoms with van der Waals surface area (Å²) in [7, 11) is 0. The van der Waals surface area contributed by atoms with Gasteiger partial charge in [-0.05, 0) is 18.2 Å². The van der Waals surface area contributed by atoms with E-state index in [1.807, 2.05) is 5.38 Å². The van der Waals surface area contributed by atoms with Gasteiger partial charge in [0.2, 0.25) is 0 Å². The summed E-state index contributed by atoms with van der Waals surface area (Å²) in [6.45, 7) is 0. The minimum atomic E-state index is -0.319. The standard InChI is InChI=1S/C10H10FN3S2/c11-6-1-7(12)3-9(2-6)15-4-8-5-16-10(13)14-8/h1-3,5H,4,12H2,(H2,13,14). The van der Waals surface area contributed by atoms with Crippen LogP contribution in [0.2, 0.25) is 0 Å². The van der Waals surface area contributed by atoms with E-state index >= 15 is 0 Å². The predicted molar refractivity (Wildman–Crippen MR) is 66.9 cm³/mol. The molecule has 0 atom stereocenters. The van der Waals surface area contributed by atoms with E-state index in [-0.39, 0.29) is 5.82 Å². The molecule has 0 radical (unpaired) electrons. The van der Waals surface area contributed by atoms with Gasteiger partial charge >= 0.3 is 0 Å². The second-order valence-electron chi connectivity index (χ2n) is 3.19. The third-order valence-electron chi connectivity index (χ3n) is 1.85. The number of thiazole rings is 1. The SMILES string of the molecule is Nc1cc(F)cc(SCc2csc(N)n2)c1. The summed E-state index contributed by atoms with van der Waals surface area (Å²) in [6, 6.07) is 4.49. The molecule has 0 aliphatic carbocycles. The fourth-order valence-electron chi connectivity index (χ4n) is 1.21. The molecule has 84 valence electrons. The average Bonchev–Trinajstić information content (AvgIpc) is 2.60. The van der Waals surface area contributed by atoms with Crippen molar-refractivity contribution < 1.29 is 4.39 Å². The number of anilines is 2. The smallest absolute Gasteiger partial charge is 0.180 e. The van der Waals surface area contributed by atoms with Crippen LogP contribution in [0.5, 0.6) is 0 Å². The quantitative estimate of drug-likeness (QED) is 0.654. The summed E-state index contributed by atoms with van der Waals surface area (Å²) < 4.78 is 13.0. The first-order valence-electron chi connectivity index (χ1n) is 4.52. The molecule has 0 fully saturated rings. The van der Waals surface area contributed by atoms with Crippen LogP contribution in [0.1, 0.15) is 5.69 Å². The van der Waals surface area contributed by atoms with Crippen LogP contribution >= 0.6 is 23.1 Å². The summed E-state index contributed by atoms with van der Waals surface area (Å²) in [5.41, 5.74) is 12.4. The highest BCUT2D eigenvalue weighted by Gasteiger charge is 2.02. The van der Waals surface area contributed by atoms with Crippen molar-refractivity contribution in [3.05, 3.63) is 35.1 Å². The van der Waals surface area contributed by atoms with Gasteiger partial charge in [-0.25, -0.2) is 9.37 Å². The van der Waals surface area contributed by atoms with E-state index in [4.69, 9.17) is 11.5 Å².